The highest BCUT2D eigenvalue weighted by Crippen LogP contribution is 2.37. The summed E-state index contributed by atoms with van der Waals surface area (Å²) in [6.07, 6.45) is 6.74. The molecule has 28 heavy (non-hydrogen) atoms. The number of nitrogens with zero attached hydrogens (tertiary/aromatic N) is 5. The predicted molar refractivity (Wildman–Crippen MR) is 101 cm³/mol. The second-order valence-electron chi connectivity index (χ2n) is 6.81. The second-order valence-corrected chi connectivity index (χ2v) is 6.81. The number of halogens is 1. The van der Waals surface area contributed by atoms with Crippen molar-refractivity contribution < 1.29 is 14.3 Å². The first-order valence-electron chi connectivity index (χ1n) is 9.21. The number of carboxylic acids is 1. The van der Waals surface area contributed by atoms with Crippen LogP contribution in [0.15, 0.2) is 30.7 Å². The van der Waals surface area contributed by atoms with E-state index in [0.717, 1.165) is 37.2 Å². The Hall–Kier alpha value is -3.07. The number of pyridine rings is 1. The summed E-state index contributed by atoms with van der Waals surface area (Å²) in [5, 5.41) is 16.5. The number of hydrogen-bond donors (Lipinski definition) is 2. The van der Waals surface area contributed by atoms with Crippen molar-refractivity contribution in [3.63, 3.8) is 0 Å². The lowest BCUT2D eigenvalue weighted by atomic mass is 10.0. The van der Waals surface area contributed by atoms with Gasteiger partial charge in [-0.15, -0.1) is 0 Å². The number of carboxylic acid groups (broad SMARTS) is 1. The zero-order valence-electron chi connectivity index (χ0n) is 15.5. The molecule has 0 aromatic carbocycles. The predicted octanol–water partition coefficient (Wildman–Crippen LogP) is 2.06. The summed E-state index contributed by atoms with van der Waals surface area (Å²) in [5.74, 6) is -0.773. The molecule has 0 amide bonds. The highest BCUT2D eigenvalue weighted by molar-refractivity contribution is 5.94. The highest BCUT2D eigenvalue weighted by atomic mass is 19.1. The van der Waals surface area contributed by atoms with Crippen LogP contribution in [0.3, 0.4) is 0 Å². The molecule has 0 saturated carbocycles. The molecule has 4 rings (SSSR count). The molecule has 3 aromatic rings. The standard InChI is InChI=1S/C19H21FN6O2/c1-21-6-4-15-13(9-12(20)10-22-15)16-3-2-7-25(16)17-5-8-26-18(24-17)14(11-23-26)19(27)28/h5,8-11,16,21H,2-4,6-7H2,1H3,(H,27,28)/t16-/m0/s1. The molecule has 1 aliphatic heterocycles. The number of aromatic nitrogens is 4. The summed E-state index contributed by atoms with van der Waals surface area (Å²) in [4.78, 5) is 22.4. The Balaban J connectivity index is 1.73. The van der Waals surface area contributed by atoms with Gasteiger partial charge in [0.25, 0.3) is 0 Å². The number of nitrogens with one attached hydrogen (secondary N) is 1. The summed E-state index contributed by atoms with van der Waals surface area (Å²) < 4.78 is 15.4. The van der Waals surface area contributed by atoms with Gasteiger partial charge in [-0.25, -0.2) is 18.7 Å². The molecule has 1 fully saturated rings. The summed E-state index contributed by atoms with van der Waals surface area (Å²) in [6, 6.07) is 3.31. The Morgan fingerprint density at radius 2 is 2.29 bits per heavy atom. The van der Waals surface area contributed by atoms with Crippen LogP contribution in [0.25, 0.3) is 5.65 Å². The summed E-state index contributed by atoms with van der Waals surface area (Å²) in [7, 11) is 1.87. The molecule has 1 aliphatic rings. The normalized spacial score (nSPS) is 16.8. The molecule has 0 unspecified atom stereocenters. The summed E-state index contributed by atoms with van der Waals surface area (Å²) >= 11 is 0. The summed E-state index contributed by atoms with van der Waals surface area (Å²) in [5.41, 5.74) is 2.08. The highest BCUT2D eigenvalue weighted by Gasteiger charge is 2.30. The van der Waals surface area contributed by atoms with Crippen LogP contribution in [0.5, 0.6) is 0 Å². The fraction of sp³-hybridized carbons (Fsp3) is 0.368. The Morgan fingerprint density at radius 3 is 3.07 bits per heavy atom. The minimum atomic E-state index is -1.07. The van der Waals surface area contributed by atoms with Crippen molar-refractivity contribution >= 4 is 17.4 Å². The van der Waals surface area contributed by atoms with Gasteiger partial charge in [0, 0.05) is 31.4 Å². The molecule has 1 atom stereocenters. The van der Waals surface area contributed by atoms with Gasteiger partial charge in [-0.3, -0.25) is 4.98 Å². The van der Waals surface area contributed by atoms with Gasteiger partial charge in [0.1, 0.15) is 17.2 Å². The van der Waals surface area contributed by atoms with Crippen molar-refractivity contribution in [3.05, 3.63) is 53.4 Å². The number of fused-ring (bicyclic) bond motifs is 1. The third-order valence-corrected chi connectivity index (χ3v) is 5.07. The van der Waals surface area contributed by atoms with E-state index in [-0.39, 0.29) is 17.4 Å². The number of anilines is 1. The Labute approximate surface area is 161 Å². The SMILES string of the molecule is CNCCc1ncc(F)cc1[C@@H]1CCCN1c1ccn2ncc(C(=O)O)c2n1. The lowest BCUT2D eigenvalue weighted by Gasteiger charge is -2.27. The molecule has 2 N–H and O–H groups in total. The number of aromatic carboxylic acids is 1. The molecule has 0 radical (unpaired) electrons. The van der Waals surface area contributed by atoms with Crippen molar-refractivity contribution in [2.24, 2.45) is 0 Å². The van der Waals surface area contributed by atoms with Crippen molar-refractivity contribution in [1.82, 2.24) is 24.9 Å². The molecule has 9 heteroatoms. The molecule has 0 bridgehead atoms. The van der Waals surface area contributed by atoms with E-state index in [1.54, 1.807) is 12.3 Å². The number of rotatable bonds is 6. The second kappa shape index (κ2) is 7.51. The van der Waals surface area contributed by atoms with Gasteiger partial charge in [-0.2, -0.15) is 5.10 Å². The van der Waals surface area contributed by atoms with E-state index in [0.29, 0.717) is 17.9 Å². The van der Waals surface area contributed by atoms with Gasteiger partial charge in [-0.05, 0) is 37.6 Å². The van der Waals surface area contributed by atoms with Crippen LogP contribution in [0.2, 0.25) is 0 Å². The topological polar surface area (TPSA) is 95.7 Å². The van der Waals surface area contributed by atoms with Crippen molar-refractivity contribution in [1.29, 1.82) is 0 Å². The van der Waals surface area contributed by atoms with Gasteiger partial charge >= 0.3 is 5.97 Å². The third kappa shape index (κ3) is 3.29. The van der Waals surface area contributed by atoms with Crippen molar-refractivity contribution in [2.75, 3.05) is 25.0 Å². The maximum Gasteiger partial charge on any atom is 0.341 e. The van der Waals surface area contributed by atoms with Gasteiger partial charge in [0.15, 0.2) is 5.65 Å². The van der Waals surface area contributed by atoms with Crippen LogP contribution in [-0.4, -0.2) is 50.8 Å². The van der Waals surface area contributed by atoms with E-state index < -0.39 is 5.97 Å². The minimum absolute atomic E-state index is 0.0544. The molecule has 146 valence electrons. The van der Waals surface area contributed by atoms with Gasteiger partial charge in [0.2, 0.25) is 0 Å². The maximum atomic E-state index is 14.0. The van der Waals surface area contributed by atoms with Crippen LogP contribution >= 0.6 is 0 Å². The first kappa shape index (κ1) is 18.3. The smallest absolute Gasteiger partial charge is 0.341 e. The first-order valence-corrected chi connectivity index (χ1v) is 9.21. The van der Waals surface area contributed by atoms with Gasteiger partial charge < -0.3 is 15.3 Å². The monoisotopic (exact) mass is 384 g/mol. The minimum Gasteiger partial charge on any atom is -0.477 e. The van der Waals surface area contributed by atoms with E-state index in [9.17, 15) is 14.3 Å². The number of hydrogen-bond acceptors (Lipinski definition) is 6. The maximum absolute atomic E-state index is 14.0. The van der Waals surface area contributed by atoms with Crippen LogP contribution < -0.4 is 10.2 Å². The molecule has 3 aromatic heterocycles. The Morgan fingerprint density at radius 1 is 1.43 bits per heavy atom. The molecule has 0 spiro atoms. The van der Waals surface area contributed by atoms with E-state index in [4.69, 9.17) is 0 Å². The fourth-order valence-electron chi connectivity index (χ4n) is 3.76. The van der Waals surface area contributed by atoms with Crippen molar-refractivity contribution in [3.8, 4) is 0 Å². The largest absolute Gasteiger partial charge is 0.477 e. The van der Waals surface area contributed by atoms with Gasteiger partial charge in [-0.1, -0.05) is 0 Å². The average molecular weight is 384 g/mol. The van der Waals surface area contributed by atoms with Gasteiger partial charge in [0.05, 0.1) is 18.4 Å². The molecule has 1 saturated heterocycles. The number of likely N-dealkylation sites (N-methyl/N-ethyl adjacent to an activating group) is 1. The van der Waals surface area contributed by atoms with E-state index >= 15 is 0 Å². The molecular weight excluding hydrogens is 363 g/mol. The van der Waals surface area contributed by atoms with Crippen LogP contribution in [0, 0.1) is 5.82 Å². The quantitative estimate of drug-likeness (QED) is 0.672. The summed E-state index contributed by atoms with van der Waals surface area (Å²) in [6.45, 7) is 1.51. The van der Waals surface area contributed by atoms with E-state index in [1.807, 2.05) is 13.1 Å². The lowest BCUT2D eigenvalue weighted by Crippen LogP contribution is -2.26. The van der Waals surface area contributed by atoms with Crippen LogP contribution in [0.1, 0.15) is 40.5 Å². The number of carbonyl (C=O) groups is 1. The van der Waals surface area contributed by atoms with Crippen molar-refractivity contribution in [2.45, 2.75) is 25.3 Å². The third-order valence-electron chi connectivity index (χ3n) is 5.07. The zero-order chi connectivity index (χ0) is 19.7. The zero-order valence-corrected chi connectivity index (χ0v) is 15.5. The molecule has 8 nitrogen and oxygen atoms in total. The van der Waals surface area contributed by atoms with Crippen LogP contribution in [0.4, 0.5) is 10.2 Å². The molecule has 4 heterocycles. The van der Waals surface area contributed by atoms with E-state index in [1.165, 1.54) is 16.9 Å². The fourth-order valence-corrected chi connectivity index (χ4v) is 3.76. The van der Waals surface area contributed by atoms with E-state index in [2.05, 4.69) is 25.3 Å². The molecule has 0 aliphatic carbocycles. The first-order chi connectivity index (χ1) is 13.6. The molecular formula is C19H21FN6O2. The van der Waals surface area contributed by atoms with Crippen LogP contribution in [-0.2, 0) is 6.42 Å². The Bertz CT molecular complexity index is 1020. The Kier molecular flexibility index (Phi) is 4.91. The average Bonchev–Trinajstić information content (AvgIpc) is 3.33. The lowest BCUT2D eigenvalue weighted by molar-refractivity contribution is 0.0698.